The Bertz CT molecular complexity index is 1530. The predicted molar refractivity (Wildman–Crippen MR) is 126 cm³/mol. The third kappa shape index (κ3) is 5.20. The fraction of sp³-hybridized carbons (Fsp3) is 0.0435. The minimum absolute atomic E-state index is 0.0153. The number of H-pyrrole nitrogens is 1. The van der Waals surface area contributed by atoms with E-state index < -0.39 is 15.6 Å². The zero-order valence-electron chi connectivity index (χ0n) is 17.2. The van der Waals surface area contributed by atoms with E-state index >= 15 is 0 Å². The van der Waals surface area contributed by atoms with E-state index in [4.69, 9.17) is 5.14 Å². The normalized spacial score (nSPS) is 12.2. The molecule has 0 saturated heterocycles. The van der Waals surface area contributed by atoms with Gasteiger partial charge in [0.25, 0.3) is 5.56 Å². The Balaban J connectivity index is 1.64. The van der Waals surface area contributed by atoms with E-state index in [1.165, 1.54) is 18.3 Å². The van der Waals surface area contributed by atoms with Gasteiger partial charge >= 0.3 is 0 Å². The predicted octanol–water partition coefficient (Wildman–Crippen LogP) is 2.46. The molecule has 0 fully saturated rings. The van der Waals surface area contributed by atoms with Gasteiger partial charge in [-0.15, -0.1) is 0 Å². The largest absolute Gasteiger partial charge is 0.494 e. The maximum Gasteiger partial charge on any atom is 0.258 e. The van der Waals surface area contributed by atoms with Crippen molar-refractivity contribution < 1.29 is 13.5 Å². The van der Waals surface area contributed by atoms with Gasteiger partial charge in [0.1, 0.15) is 0 Å². The molecule has 9 nitrogen and oxygen atoms in total. The average molecular weight is 462 g/mol. The number of hydrogen-bond donors (Lipinski definition) is 3. The number of nitrogens with two attached hydrogens (primary N) is 1. The zero-order chi connectivity index (χ0) is 23.4. The van der Waals surface area contributed by atoms with Crippen LogP contribution in [0, 0.1) is 0 Å². The monoisotopic (exact) mass is 461 g/mol. The van der Waals surface area contributed by atoms with Gasteiger partial charge in [-0.25, -0.2) is 13.6 Å². The highest BCUT2D eigenvalue weighted by atomic mass is 32.2. The first-order valence-corrected chi connectivity index (χ1v) is 11.3. The van der Waals surface area contributed by atoms with Crippen molar-refractivity contribution in [2.45, 2.75) is 11.4 Å². The summed E-state index contributed by atoms with van der Waals surface area (Å²) >= 11 is 0. The second kappa shape index (κ2) is 9.15. The third-order valence-corrected chi connectivity index (χ3v) is 5.77. The maximum atomic E-state index is 12.3. The highest BCUT2D eigenvalue weighted by Crippen LogP contribution is 2.23. The summed E-state index contributed by atoms with van der Waals surface area (Å²) in [7, 11) is -3.76. The highest BCUT2D eigenvalue weighted by molar-refractivity contribution is 7.89. The molecular formula is C23H19N5O4S. The maximum absolute atomic E-state index is 12.3. The summed E-state index contributed by atoms with van der Waals surface area (Å²) in [5.41, 5.74) is 2.18. The molecule has 0 aliphatic rings. The van der Waals surface area contributed by atoms with Crippen LogP contribution < -0.4 is 10.7 Å². The first-order valence-electron chi connectivity index (χ1n) is 9.76. The van der Waals surface area contributed by atoms with Crippen molar-refractivity contribution in [3.05, 3.63) is 93.8 Å². The van der Waals surface area contributed by atoms with Crippen molar-refractivity contribution in [2.24, 2.45) is 10.1 Å². The Labute approximate surface area is 189 Å². The van der Waals surface area contributed by atoms with Gasteiger partial charge in [-0.1, -0.05) is 24.3 Å². The summed E-state index contributed by atoms with van der Waals surface area (Å²) in [5.74, 6) is -0.295. The molecule has 2 aromatic carbocycles. The molecule has 2 aromatic heterocycles. The number of aliphatic imine (C=N–C) groups is 1. The molecule has 4 aromatic rings. The fourth-order valence-electron chi connectivity index (χ4n) is 3.19. The smallest absolute Gasteiger partial charge is 0.258 e. The molecule has 0 aliphatic heterocycles. The quantitative estimate of drug-likeness (QED) is 0.375. The molecular weight excluding hydrogens is 442 g/mol. The van der Waals surface area contributed by atoms with E-state index in [0.29, 0.717) is 22.0 Å². The zero-order valence-corrected chi connectivity index (χ0v) is 18.0. The first kappa shape index (κ1) is 22.1. The van der Waals surface area contributed by atoms with Gasteiger partial charge in [-0.2, -0.15) is 0 Å². The van der Waals surface area contributed by atoms with Gasteiger partial charge < -0.3 is 5.11 Å². The number of rotatable bonds is 6. The lowest BCUT2D eigenvalue weighted by atomic mass is 10.0. The number of nitrogens with zero attached hydrogens (tertiary/aromatic N) is 3. The van der Waals surface area contributed by atoms with Crippen LogP contribution >= 0.6 is 0 Å². The van der Waals surface area contributed by atoms with Crippen molar-refractivity contribution in [3.8, 4) is 5.88 Å². The number of benzene rings is 2. The van der Waals surface area contributed by atoms with E-state index in [0.717, 1.165) is 11.1 Å². The van der Waals surface area contributed by atoms with E-state index in [1.807, 2.05) is 6.08 Å². The number of aromatic nitrogens is 3. The Morgan fingerprint density at radius 2 is 1.85 bits per heavy atom. The molecule has 0 bridgehead atoms. The second-order valence-corrected chi connectivity index (χ2v) is 8.71. The van der Waals surface area contributed by atoms with Crippen LogP contribution in [0.25, 0.3) is 22.9 Å². The van der Waals surface area contributed by atoms with Crippen LogP contribution in [0.4, 0.5) is 0 Å². The number of nitrogens with one attached hydrogen (secondary N) is 1. The van der Waals surface area contributed by atoms with Crippen LogP contribution in [-0.2, 0) is 16.6 Å². The van der Waals surface area contributed by atoms with Crippen LogP contribution in [-0.4, -0.2) is 34.7 Å². The van der Waals surface area contributed by atoms with Crippen molar-refractivity contribution in [3.63, 3.8) is 0 Å². The minimum atomic E-state index is -3.76. The fourth-order valence-corrected chi connectivity index (χ4v) is 3.71. The molecule has 4 rings (SSSR count). The standard InChI is InChI=1S/C23H19N5O4S/c24-33(31,32)18-6-2-16(3-7-18)12-26-14-21-20-11-15(1-5-17-13-25-9-10-27-17)4-8-19(20)22(29)28-23(21)30/h1-11,13-14H,12H2,(H2,24,31,32)(H2,28,29,30). The molecule has 166 valence electrons. The van der Waals surface area contributed by atoms with Gasteiger partial charge in [-0.3, -0.25) is 24.7 Å². The first-order chi connectivity index (χ1) is 15.8. The topological polar surface area (TPSA) is 151 Å². The van der Waals surface area contributed by atoms with Crippen molar-refractivity contribution in [1.82, 2.24) is 15.0 Å². The van der Waals surface area contributed by atoms with Gasteiger partial charge in [0, 0.05) is 29.4 Å². The van der Waals surface area contributed by atoms with E-state index in [1.54, 1.807) is 55.0 Å². The number of hydrogen-bond acceptors (Lipinski definition) is 7. The van der Waals surface area contributed by atoms with Crippen LogP contribution in [0.1, 0.15) is 22.4 Å². The van der Waals surface area contributed by atoms with Crippen molar-refractivity contribution in [1.29, 1.82) is 0 Å². The Kier molecular flexibility index (Phi) is 6.11. The summed E-state index contributed by atoms with van der Waals surface area (Å²) in [6.07, 6.45) is 9.89. The third-order valence-electron chi connectivity index (χ3n) is 4.84. The molecule has 33 heavy (non-hydrogen) atoms. The molecule has 0 atom stereocenters. The van der Waals surface area contributed by atoms with Crippen molar-refractivity contribution in [2.75, 3.05) is 0 Å². The van der Waals surface area contributed by atoms with Crippen LogP contribution in [0.2, 0.25) is 0 Å². The van der Waals surface area contributed by atoms with Crippen LogP contribution in [0.15, 0.2) is 75.7 Å². The van der Waals surface area contributed by atoms with E-state index in [-0.39, 0.29) is 17.3 Å². The van der Waals surface area contributed by atoms with Crippen LogP contribution in [0.5, 0.6) is 5.88 Å². The Hall–Kier alpha value is -4.15. The summed E-state index contributed by atoms with van der Waals surface area (Å²) in [6.45, 7) is 0.233. The number of aromatic hydroxyl groups is 1. The molecule has 10 heteroatoms. The lowest BCUT2D eigenvalue weighted by Crippen LogP contribution is -2.11. The average Bonchev–Trinajstić information content (AvgIpc) is 2.80. The minimum Gasteiger partial charge on any atom is -0.494 e. The van der Waals surface area contributed by atoms with Gasteiger partial charge in [0.2, 0.25) is 15.9 Å². The van der Waals surface area contributed by atoms with Gasteiger partial charge in [0.15, 0.2) is 0 Å². The lowest BCUT2D eigenvalue weighted by molar-refractivity contribution is 0.452. The molecule has 0 amide bonds. The lowest BCUT2D eigenvalue weighted by Gasteiger charge is -2.06. The van der Waals surface area contributed by atoms with Crippen LogP contribution in [0.3, 0.4) is 0 Å². The molecule has 4 N–H and O–H groups in total. The van der Waals surface area contributed by atoms with Gasteiger partial charge in [-0.05, 0) is 41.5 Å². The number of sulfonamides is 1. The summed E-state index contributed by atoms with van der Waals surface area (Å²) in [4.78, 5) is 27.3. The molecule has 0 spiro atoms. The van der Waals surface area contributed by atoms with Gasteiger partial charge in [0.05, 0.1) is 28.9 Å². The Morgan fingerprint density at radius 3 is 2.55 bits per heavy atom. The van der Waals surface area contributed by atoms with E-state index in [9.17, 15) is 18.3 Å². The number of primary sulfonamides is 1. The van der Waals surface area contributed by atoms with Crippen molar-refractivity contribution >= 4 is 39.2 Å². The Morgan fingerprint density at radius 1 is 1.06 bits per heavy atom. The summed E-state index contributed by atoms with van der Waals surface area (Å²) in [6, 6.07) is 11.3. The summed E-state index contributed by atoms with van der Waals surface area (Å²) < 4.78 is 22.7. The molecule has 0 aliphatic carbocycles. The summed E-state index contributed by atoms with van der Waals surface area (Å²) in [5, 5.41) is 16.4. The molecule has 2 heterocycles. The molecule has 0 radical (unpaired) electrons. The number of pyridine rings is 1. The van der Waals surface area contributed by atoms with E-state index in [2.05, 4.69) is 19.9 Å². The number of fused-ring (bicyclic) bond motifs is 1. The molecule has 0 unspecified atom stereocenters. The SMILES string of the molecule is NS(=O)(=O)c1ccc(CN=Cc2c(O)[nH]c(=O)c3ccc(C=Cc4cnccn4)cc23)cc1. The highest BCUT2D eigenvalue weighted by Gasteiger charge is 2.10. The number of aromatic amines is 1. The molecule has 0 saturated carbocycles. The second-order valence-electron chi connectivity index (χ2n) is 7.14.